The van der Waals surface area contributed by atoms with Crippen molar-refractivity contribution in [2.45, 2.75) is 19.4 Å². The molecule has 0 amide bonds. The highest BCUT2D eigenvalue weighted by molar-refractivity contribution is 5.77. The summed E-state index contributed by atoms with van der Waals surface area (Å²) in [6, 6.07) is 1.50. The molecule has 0 aliphatic rings. The van der Waals surface area contributed by atoms with Crippen LogP contribution in [0.15, 0.2) is 18.5 Å². The van der Waals surface area contributed by atoms with E-state index in [0.29, 0.717) is 0 Å². The third kappa shape index (κ3) is 2.51. The maximum Gasteiger partial charge on any atom is 0.379 e. The smallest absolute Gasteiger partial charge is 0.379 e. The highest BCUT2D eigenvalue weighted by Crippen LogP contribution is 2.17. The molecular formula is C8H10F2N2O2. The van der Waals surface area contributed by atoms with Gasteiger partial charge in [0.25, 0.3) is 0 Å². The molecule has 0 N–H and O–H groups in total. The molecule has 1 heterocycles. The highest BCUT2D eigenvalue weighted by atomic mass is 19.3. The largest absolute Gasteiger partial charge is 0.462 e. The number of ether oxygens (including phenoxy) is 1. The zero-order valence-corrected chi connectivity index (χ0v) is 7.61. The second-order valence-electron chi connectivity index (χ2n) is 2.63. The Morgan fingerprint density at radius 3 is 2.86 bits per heavy atom. The van der Waals surface area contributed by atoms with Crippen LogP contribution in [0, 0.1) is 0 Å². The second-order valence-corrected chi connectivity index (χ2v) is 2.63. The van der Waals surface area contributed by atoms with Gasteiger partial charge in [0.2, 0.25) is 0 Å². The van der Waals surface area contributed by atoms with E-state index in [9.17, 15) is 13.6 Å². The average Bonchev–Trinajstić information content (AvgIpc) is 2.56. The first-order valence-electron chi connectivity index (χ1n) is 4.08. The van der Waals surface area contributed by atoms with Gasteiger partial charge in [-0.3, -0.25) is 4.68 Å². The van der Waals surface area contributed by atoms with Crippen molar-refractivity contribution < 1.29 is 18.3 Å². The molecule has 0 saturated carbocycles. The first kappa shape index (κ1) is 10.6. The number of esters is 1. The number of aromatic nitrogens is 2. The zero-order valence-electron chi connectivity index (χ0n) is 7.61. The minimum Gasteiger partial charge on any atom is -0.462 e. The summed E-state index contributed by atoms with van der Waals surface area (Å²) in [4.78, 5) is 10.8. The number of carbonyl (C=O) groups is 1. The molecule has 0 atom stereocenters. The van der Waals surface area contributed by atoms with E-state index in [1.165, 1.54) is 25.4 Å². The van der Waals surface area contributed by atoms with Crippen LogP contribution >= 0.6 is 0 Å². The maximum absolute atomic E-state index is 13.0. The van der Waals surface area contributed by atoms with Crippen molar-refractivity contribution in [3.8, 4) is 0 Å². The van der Waals surface area contributed by atoms with E-state index in [1.807, 2.05) is 0 Å². The highest BCUT2D eigenvalue weighted by Gasteiger charge is 2.41. The molecule has 0 spiro atoms. The molecular weight excluding hydrogens is 194 g/mol. The fourth-order valence-electron chi connectivity index (χ4n) is 0.899. The van der Waals surface area contributed by atoms with Gasteiger partial charge in [0.1, 0.15) is 6.54 Å². The van der Waals surface area contributed by atoms with Crippen molar-refractivity contribution >= 4 is 5.97 Å². The van der Waals surface area contributed by atoms with Crippen molar-refractivity contribution in [2.75, 3.05) is 6.61 Å². The number of halogens is 2. The predicted molar refractivity (Wildman–Crippen MR) is 43.8 cm³/mol. The fourth-order valence-corrected chi connectivity index (χ4v) is 0.899. The topological polar surface area (TPSA) is 44.1 Å². The zero-order chi connectivity index (χ0) is 10.6. The van der Waals surface area contributed by atoms with Crippen LogP contribution in [0.3, 0.4) is 0 Å². The fraction of sp³-hybridized carbons (Fsp3) is 0.500. The Bertz CT molecular complexity index is 298. The Morgan fingerprint density at radius 2 is 2.36 bits per heavy atom. The first-order valence-corrected chi connectivity index (χ1v) is 4.08. The van der Waals surface area contributed by atoms with Gasteiger partial charge in [-0.15, -0.1) is 0 Å². The van der Waals surface area contributed by atoms with E-state index in [1.54, 1.807) is 0 Å². The van der Waals surface area contributed by atoms with E-state index in [4.69, 9.17) is 0 Å². The molecule has 0 aromatic carbocycles. The Kier molecular flexibility index (Phi) is 3.16. The first-order chi connectivity index (χ1) is 6.56. The van der Waals surface area contributed by atoms with Crippen LogP contribution in [0.5, 0.6) is 0 Å². The van der Waals surface area contributed by atoms with Gasteiger partial charge in [-0.05, 0) is 13.0 Å². The molecule has 1 aromatic heterocycles. The minimum absolute atomic E-state index is 0.0620. The SMILES string of the molecule is CCOC(=O)C(F)(F)Cn1cccn1. The molecule has 0 aliphatic carbocycles. The lowest BCUT2D eigenvalue weighted by Gasteiger charge is -2.14. The molecule has 0 fully saturated rings. The van der Waals surface area contributed by atoms with Gasteiger partial charge < -0.3 is 4.74 Å². The van der Waals surface area contributed by atoms with Gasteiger partial charge in [-0.1, -0.05) is 0 Å². The predicted octanol–water partition coefficient (Wildman–Crippen LogP) is 1.08. The van der Waals surface area contributed by atoms with Gasteiger partial charge in [-0.2, -0.15) is 13.9 Å². The Labute approximate surface area is 79.5 Å². The number of hydrogen-bond acceptors (Lipinski definition) is 3. The summed E-state index contributed by atoms with van der Waals surface area (Å²) < 4.78 is 31.3. The summed E-state index contributed by atoms with van der Waals surface area (Å²) in [5, 5.41) is 3.57. The van der Waals surface area contributed by atoms with E-state index in [2.05, 4.69) is 9.84 Å². The average molecular weight is 204 g/mol. The number of nitrogens with zero attached hydrogens (tertiary/aromatic N) is 2. The monoisotopic (exact) mass is 204 g/mol. The second kappa shape index (κ2) is 4.17. The normalized spacial score (nSPS) is 11.4. The Hall–Kier alpha value is -1.46. The van der Waals surface area contributed by atoms with Crippen LogP contribution in [-0.4, -0.2) is 28.3 Å². The summed E-state index contributed by atoms with van der Waals surface area (Å²) in [7, 11) is 0. The summed E-state index contributed by atoms with van der Waals surface area (Å²) >= 11 is 0. The van der Waals surface area contributed by atoms with Crippen LogP contribution < -0.4 is 0 Å². The lowest BCUT2D eigenvalue weighted by atomic mass is 10.3. The van der Waals surface area contributed by atoms with Crippen LogP contribution in [0.2, 0.25) is 0 Å². The van der Waals surface area contributed by atoms with Crippen molar-refractivity contribution in [3.63, 3.8) is 0 Å². The quantitative estimate of drug-likeness (QED) is 0.689. The van der Waals surface area contributed by atoms with Gasteiger partial charge in [0.15, 0.2) is 0 Å². The van der Waals surface area contributed by atoms with Crippen LogP contribution in [-0.2, 0) is 16.1 Å². The van der Waals surface area contributed by atoms with Gasteiger partial charge in [0, 0.05) is 12.4 Å². The molecule has 78 valence electrons. The van der Waals surface area contributed by atoms with Gasteiger partial charge in [0.05, 0.1) is 6.61 Å². The van der Waals surface area contributed by atoms with Crippen molar-refractivity contribution in [2.24, 2.45) is 0 Å². The molecule has 1 aromatic rings. The van der Waals surface area contributed by atoms with Crippen LogP contribution in [0.4, 0.5) is 8.78 Å². The molecule has 14 heavy (non-hydrogen) atoms. The Morgan fingerprint density at radius 1 is 1.64 bits per heavy atom. The maximum atomic E-state index is 13.0. The Balaban J connectivity index is 2.61. The third-order valence-electron chi connectivity index (χ3n) is 1.49. The molecule has 0 unspecified atom stereocenters. The summed E-state index contributed by atoms with van der Waals surface area (Å²) in [6.45, 7) is 0.619. The number of hydrogen-bond donors (Lipinski definition) is 0. The number of alkyl halides is 2. The van der Waals surface area contributed by atoms with Crippen LogP contribution in [0.25, 0.3) is 0 Å². The lowest BCUT2D eigenvalue weighted by molar-refractivity contribution is -0.173. The summed E-state index contributed by atoms with van der Waals surface area (Å²) in [5.41, 5.74) is 0. The van der Waals surface area contributed by atoms with E-state index in [-0.39, 0.29) is 6.61 Å². The molecule has 4 nitrogen and oxygen atoms in total. The number of rotatable bonds is 4. The minimum atomic E-state index is -3.53. The lowest BCUT2D eigenvalue weighted by Crippen LogP contribution is -2.35. The van der Waals surface area contributed by atoms with Crippen molar-refractivity contribution in [3.05, 3.63) is 18.5 Å². The molecule has 0 bridgehead atoms. The van der Waals surface area contributed by atoms with E-state index < -0.39 is 18.4 Å². The summed E-state index contributed by atoms with van der Waals surface area (Å²) in [5.74, 6) is -5.04. The number of carbonyl (C=O) groups excluding carboxylic acids is 1. The van der Waals surface area contributed by atoms with Crippen LogP contribution in [0.1, 0.15) is 6.92 Å². The molecule has 0 radical (unpaired) electrons. The standard InChI is InChI=1S/C8H10F2N2O2/c1-2-14-7(13)8(9,10)6-12-5-3-4-11-12/h3-5H,2,6H2,1H3. The molecule has 0 saturated heterocycles. The third-order valence-corrected chi connectivity index (χ3v) is 1.49. The summed E-state index contributed by atoms with van der Waals surface area (Å²) in [6.07, 6.45) is 2.72. The van der Waals surface area contributed by atoms with Gasteiger partial charge in [-0.25, -0.2) is 4.79 Å². The van der Waals surface area contributed by atoms with Gasteiger partial charge >= 0.3 is 11.9 Å². The van der Waals surface area contributed by atoms with Crippen molar-refractivity contribution in [1.82, 2.24) is 9.78 Å². The molecule has 0 aliphatic heterocycles. The van der Waals surface area contributed by atoms with E-state index in [0.717, 1.165) is 4.68 Å². The molecule has 6 heteroatoms. The van der Waals surface area contributed by atoms with E-state index >= 15 is 0 Å². The van der Waals surface area contributed by atoms with Crippen molar-refractivity contribution in [1.29, 1.82) is 0 Å². The molecule has 1 rings (SSSR count).